The first-order chi connectivity index (χ1) is 13.5. The SMILES string of the molecule is COc1ccccc1OCC(=O)Nc1ccc(Nc2ccc(C)c(C)c2)nn1. The van der Waals surface area contributed by atoms with Crippen molar-refractivity contribution in [1.82, 2.24) is 10.2 Å². The van der Waals surface area contributed by atoms with Crippen molar-refractivity contribution in [3.05, 3.63) is 65.7 Å². The summed E-state index contributed by atoms with van der Waals surface area (Å²) in [6, 6.07) is 16.6. The van der Waals surface area contributed by atoms with E-state index in [0.717, 1.165) is 5.69 Å². The second-order valence-corrected chi connectivity index (χ2v) is 6.22. The third-order valence-electron chi connectivity index (χ3n) is 4.14. The number of nitrogens with one attached hydrogen (secondary N) is 2. The standard InChI is InChI=1S/C21H22N4O3/c1-14-8-9-16(12-15(14)2)22-19-10-11-20(25-24-19)23-21(26)13-28-18-7-5-4-6-17(18)27-3/h4-12H,13H2,1-3H3,(H,22,24)(H,23,25,26). The van der Waals surface area contributed by atoms with Crippen LogP contribution in [0.2, 0.25) is 0 Å². The summed E-state index contributed by atoms with van der Waals surface area (Å²) < 4.78 is 10.7. The minimum Gasteiger partial charge on any atom is -0.493 e. The van der Waals surface area contributed by atoms with E-state index in [4.69, 9.17) is 9.47 Å². The zero-order chi connectivity index (χ0) is 19.9. The monoisotopic (exact) mass is 378 g/mol. The lowest BCUT2D eigenvalue weighted by Gasteiger charge is -2.10. The lowest BCUT2D eigenvalue weighted by Crippen LogP contribution is -2.21. The van der Waals surface area contributed by atoms with Crippen molar-refractivity contribution in [2.75, 3.05) is 24.4 Å². The van der Waals surface area contributed by atoms with Crippen LogP contribution in [0.3, 0.4) is 0 Å². The van der Waals surface area contributed by atoms with Gasteiger partial charge >= 0.3 is 0 Å². The Hall–Kier alpha value is -3.61. The normalized spacial score (nSPS) is 10.2. The van der Waals surface area contributed by atoms with Crippen molar-refractivity contribution in [1.29, 1.82) is 0 Å². The summed E-state index contributed by atoms with van der Waals surface area (Å²) in [6.45, 7) is 3.95. The molecular weight excluding hydrogens is 356 g/mol. The minimum atomic E-state index is -0.338. The Morgan fingerprint density at radius 1 is 0.929 bits per heavy atom. The largest absolute Gasteiger partial charge is 0.493 e. The predicted molar refractivity (Wildman–Crippen MR) is 108 cm³/mol. The van der Waals surface area contributed by atoms with Crippen molar-refractivity contribution in [3.8, 4) is 11.5 Å². The van der Waals surface area contributed by atoms with Gasteiger partial charge in [0.1, 0.15) is 0 Å². The number of hydrogen-bond donors (Lipinski definition) is 2. The fraction of sp³-hybridized carbons (Fsp3) is 0.190. The number of aromatic nitrogens is 2. The maximum Gasteiger partial charge on any atom is 0.263 e. The van der Waals surface area contributed by atoms with Crippen molar-refractivity contribution >= 4 is 23.2 Å². The number of benzene rings is 2. The van der Waals surface area contributed by atoms with Gasteiger partial charge in [0.05, 0.1) is 7.11 Å². The summed E-state index contributed by atoms with van der Waals surface area (Å²) in [5, 5.41) is 13.9. The van der Waals surface area contributed by atoms with E-state index in [9.17, 15) is 4.79 Å². The highest BCUT2D eigenvalue weighted by Gasteiger charge is 2.08. The lowest BCUT2D eigenvalue weighted by molar-refractivity contribution is -0.118. The van der Waals surface area contributed by atoms with Crippen LogP contribution in [0.4, 0.5) is 17.3 Å². The van der Waals surface area contributed by atoms with Gasteiger partial charge in [0.25, 0.3) is 5.91 Å². The number of methoxy groups -OCH3 is 1. The number of ether oxygens (including phenoxy) is 2. The molecule has 7 heteroatoms. The first-order valence-corrected chi connectivity index (χ1v) is 8.79. The molecule has 2 N–H and O–H groups in total. The maximum atomic E-state index is 12.1. The van der Waals surface area contributed by atoms with Crippen LogP contribution in [0.5, 0.6) is 11.5 Å². The van der Waals surface area contributed by atoms with Crippen LogP contribution in [0.15, 0.2) is 54.6 Å². The highest BCUT2D eigenvalue weighted by Crippen LogP contribution is 2.25. The summed E-state index contributed by atoms with van der Waals surface area (Å²) >= 11 is 0. The van der Waals surface area contributed by atoms with E-state index in [1.165, 1.54) is 11.1 Å². The molecule has 0 saturated carbocycles. The van der Waals surface area contributed by atoms with E-state index >= 15 is 0 Å². The molecule has 3 aromatic rings. The van der Waals surface area contributed by atoms with Gasteiger partial charge in [-0.15, -0.1) is 10.2 Å². The molecule has 0 aliphatic heterocycles. The topological polar surface area (TPSA) is 85.4 Å². The summed E-state index contributed by atoms with van der Waals surface area (Å²) in [5.74, 6) is 1.66. The van der Waals surface area contributed by atoms with Crippen molar-refractivity contribution in [2.45, 2.75) is 13.8 Å². The molecule has 0 aliphatic carbocycles. The van der Waals surface area contributed by atoms with Crippen LogP contribution < -0.4 is 20.1 Å². The Balaban J connectivity index is 1.54. The van der Waals surface area contributed by atoms with Crippen LogP contribution in [0.1, 0.15) is 11.1 Å². The number of nitrogens with zero attached hydrogens (tertiary/aromatic N) is 2. The lowest BCUT2D eigenvalue weighted by atomic mass is 10.1. The van der Waals surface area contributed by atoms with Gasteiger partial charge in [0.2, 0.25) is 0 Å². The molecule has 1 heterocycles. The third-order valence-corrected chi connectivity index (χ3v) is 4.14. The predicted octanol–water partition coefficient (Wildman–Crippen LogP) is 3.86. The van der Waals surface area contributed by atoms with E-state index < -0.39 is 0 Å². The summed E-state index contributed by atoms with van der Waals surface area (Å²) in [5.41, 5.74) is 3.35. The highest BCUT2D eigenvalue weighted by molar-refractivity contribution is 5.91. The van der Waals surface area contributed by atoms with Crippen LogP contribution in [-0.2, 0) is 4.79 Å². The molecule has 0 fully saturated rings. The molecule has 2 aromatic carbocycles. The Bertz CT molecular complexity index is 958. The molecule has 28 heavy (non-hydrogen) atoms. The minimum absolute atomic E-state index is 0.162. The smallest absolute Gasteiger partial charge is 0.263 e. The third kappa shape index (κ3) is 4.97. The Kier molecular flexibility index (Phi) is 6.06. The van der Waals surface area contributed by atoms with Crippen LogP contribution in [0.25, 0.3) is 0 Å². The average Bonchev–Trinajstić information content (AvgIpc) is 2.71. The fourth-order valence-electron chi connectivity index (χ4n) is 2.49. The molecule has 0 saturated heterocycles. The summed E-state index contributed by atoms with van der Waals surface area (Å²) in [7, 11) is 1.55. The first-order valence-electron chi connectivity index (χ1n) is 8.79. The van der Waals surface area contributed by atoms with Crippen molar-refractivity contribution in [2.24, 2.45) is 0 Å². The molecule has 0 aliphatic rings. The molecule has 3 rings (SSSR count). The number of carbonyl (C=O) groups excluding carboxylic acids is 1. The van der Waals surface area contributed by atoms with Crippen molar-refractivity contribution < 1.29 is 14.3 Å². The van der Waals surface area contributed by atoms with E-state index in [1.807, 2.05) is 30.3 Å². The molecule has 0 radical (unpaired) electrons. The molecule has 0 bridgehead atoms. The molecule has 0 unspecified atom stereocenters. The fourth-order valence-corrected chi connectivity index (χ4v) is 2.49. The molecule has 0 spiro atoms. The molecule has 7 nitrogen and oxygen atoms in total. The zero-order valence-corrected chi connectivity index (χ0v) is 16.0. The number of amides is 1. The average molecular weight is 378 g/mol. The van der Waals surface area contributed by atoms with Gasteiger partial charge in [-0.25, -0.2) is 0 Å². The number of anilines is 3. The van der Waals surface area contributed by atoms with Crippen LogP contribution in [0, 0.1) is 13.8 Å². The number of rotatable bonds is 7. The maximum absolute atomic E-state index is 12.1. The van der Waals surface area contributed by atoms with E-state index in [-0.39, 0.29) is 12.5 Å². The van der Waals surface area contributed by atoms with Gasteiger partial charge in [-0.2, -0.15) is 0 Å². The van der Waals surface area contributed by atoms with Gasteiger partial charge in [0.15, 0.2) is 29.7 Å². The van der Waals surface area contributed by atoms with Gasteiger partial charge in [-0.05, 0) is 61.4 Å². The van der Waals surface area contributed by atoms with Crippen LogP contribution >= 0.6 is 0 Å². The quantitative estimate of drug-likeness (QED) is 0.649. The highest BCUT2D eigenvalue weighted by atomic mass is 16.5. The number of para-hydroxylation sites is 2. The number of aryl methyl sites for hydroxylation is 2. The number of carbonyl (C=O) groups is 1. The van der Waals surface area contributed by atoms with Gasteiger partial charge in [-0.1, -0.05) is 18.2 Å². The Morgan fingerprint density at radius 2 is 1.64 bits per heavy atom. The van der Waals surface area contributed by atoms with Crippen molar-refractivity contribution in [3.63, 3.8) is 0 Å². The molecule has 144 valence electrons. The molecule has 1 amide bonds. The van der Waals surface area contributed by atoms with Gasteiger partial charge in [-0.3, -0.25) is 4.79 Å². The summed E-state index contributed by atoms with van der Waals surface area (Å²) in [4.78, 5) is 12.1. The van der Waals surface area contributed by atoms with E-state index in [1.54, 1.807) is 31.4 Å². The molecule has 1 aromatic heterocycles. The van der Waals surface area contributed by atoms with E-state index in [0.29, 0.717) is 23.1 Å². The van der Waals surface area contributed by atoms with Gasteiger partial charge < -0.3 is 20.1 Å². The Morgan fingerprint density at radius 3 is 2.32 bits per heavy atom. The van der Waals surface area contributed by atoms with E-state index in [2.05, 4.69) is 34.7 Å². The number of hydrogen-bond acceptors (Lipinski definition) is 6. The van der Waals surface area contributed by atoms with Gasteiger partial charge in [0, 0.05) is 5.69 Å². The summed E-state index contributed by atoms with van der Waals surface area (Å²) in [6.07, 6.45) is 0. The zero-order valence-electron chi connectivity index (χ0n) is 16.0. The molecule has 0 atom stereocenters. The Labute approximate surface area is 163 Å². The second kappa shape index (κ2) is 8.85. The molecular formula is C21H22N4O3. The van der Waals surface area contributed by atoms with Crippen LogP contribution in [-0.4, -0.2) is 29.8 Å². The second-order valence-electron chi connectivity index (χ2n) is 6.22. The first kappa shape index (κ1) is 19.2.